The van der Waals surface area contributed by atoms with Gasteiger partial charge in [0.2, 0.25) is 5.91 Å². The number of fused-ring (bicyclic) bond motifs is 1. The average Bonchev–Trinajstić information content (AvgIpc) is 3.12. The number of aromatic nitrogens is 4. The molecule has 34 heavy (non-hydrogen) atoms. The summed E-state index contributed by atoms with van der Waals surface area (Å²) in [6, 6.07) is 8.72. The van der Waals surface area contributed by atoms with Gasteiger partial charge in [0, 0.05) is 32.6 Å². The number of carbonyl (C=O) groups excluding carboxylic acids is 1. The highest BCUT2D eigenvalue weighted by Crippen LogP contribution is 2.19. The van der Waals surface area contributed by atoms with Crippen molar-refractivity contribution in [3.8, 4) is 6.01 Å². The summed E-state index contributed by atoms with van der Waals surface area (Å²) < 4.78 is 7.16. The first-order chi connectivity index (χ1) is 16.4. The maximum atomic E-state index is 12.6. The largest absolute Gasteiger partial charge is 0.463 e. The molecule has 0 saturated carbocycles. The van der Waals surface area contributed by atoms with Crippen LogP contribution in [0.1, 0.15) is 50.7 Å². The second-order valence-corrected chi connectivity index (χ2v) is 8.88. The van der Waals surface area contributed by atoms with Crippen LogP contribution in [-0.2, 0) is 17.9 Å². The summed E-state index contributed by atoms with van der Waals surface area (Å²) in [4.78, 5) is 37.6. The molecular formula is C24H33N7O3. The van der Waals surface area contributed by atoms with Crippen molar-refractivity contribution in [2.24, 2.45) is 0 Å². The number of likely N-dealkylation sites (tertiary alicyclic amines) is 1. The maximum absolute atomic E-state index is 12.6. The lowest BCUT2D eigenvalue weighted by Crippen LogP contribution is -2.43. The first kappa shape index (κ1) is 23.7. The van der Waals surface area contributed by atoms with Crippen LogP contribution in [0.5, 0.6) is 6.01 Å². The molecule has 0 atom stereocenters. The molecule has 4 N–H and O–H groups in total. The summed E-state index contributed by atoms with van der Waals surface area (Å²) in [7, 11) is 0. The number of aromatic amines is 1. The number of hydrogen-bond donors (Lipinski definition) is 3. The Kier molecular flexibility index (Phi) is 7.46. The fourth-order valence-corrected chi connectivity index (χ4v) is 4.26. The van der Waals surface area contributed by atoms with Gasteiger partial charge in [-0.15, -0.1) is 0 Å². The number of benzene rings is 1. The summed E-state index contributed by atoms with van der Waals surface area (Å²) in [6.07, 6.45) is 3.82. The van der Waals surface area contributed by atoms with E-state index in [1.165, 1.54) is 5.56 Å². The Hall–Kier alpha value is -3.40. The number of ether oxygens (including phenoxy) is 1. The minimum Gasteiger partial charge on any atom is -0.463 e. The minimum absolute atomic E-state index is 0.0396. The summed E-state index contributed by atoms with van der Waals surface area (Å²) in [5.41, 5.74) is 8.82. The van der Waals surface area contributed by atoms with Gasteiger partial charge in [-0.3, -0.25) is 14.3 Å². The number of anilines is 1. The quantitative estimate of drug-likeness (QED) is 0.410. The molecule has 1 aliphatic rings. The third-order valence-corrected chi connectivity index (χ3v) is 6.12. The standard InChI is InChI=1S/C24H33N7O3/c1-3-4-13-34-23-28-21(25)20-22(29-23)31(24(33)27-20)15-18-7-5-17(6-8-18)14-30-11-9-19(10-12-30)26-16(2)32/h5-8,19H,3-4,9-15H2,1-2H3,(H,26,32)(H,27,33)(H2,25,28,29). The fraction of sp³-hybridized carbons (Fsp3) is 0.500. The molecule has 1 amide bonds. The number of nitrogens with zero attached hydrogens (tertiary/aromatic N) is 4. The molecule has 1 fully saturated rings. The van der Waals surface area contributed by atoms with E-state index in [0.717, 1.165) is 50.9 Å². The number of amides is 1. The lowest BCUT2D eigenvalue weighted by Gasteiger charge is -2.32. The number of nitrogens with two attached hydrogens (primary N) is 1. The van der Waals surface area contributed by atoms with Crippen molar-refractivity contribution in [1.82, 2.24) is 29.7 Å². The van der Waals surface area contributed by atoms with E-state index < -0.39 is 0 Å². The fourth-order valence-electron chi connectivity index (χ4n) is 4.26. The topological polar surface area (TPSA) is 131 Å². The molecule has 3 aromatic rings. The normalized spacial score (nSPS) is 15.0. The van der Waals surface area contributed by atoms with Gasteiger partial charge >= 0.3 is 11.7 Å². The van der Waals surface area contributed by atoms with Crippen molar-refractivity contribution in [3.05, 3.63) is 45.9 Å². The molecule has 0 radical (unpaired) electrons. The van der Waals surface area contributed by atoms with E-state index in [9.17, 15) is 9.59 Å². The molecule has 1 saturated heterocycles. The molecule has 0 aliphatic carbocycles. The van der Waals surface area contributed by atoms with Crippen LogP contribution in [0.25, 0.3) is 11.2 Å². The van der Waals surface area contributed by atoms with E-state index in [1.807, 2.05) is 12.1 Å². The van der Waals surface area contributed by atoms with Gasteiger partial charge in [-0.1, -0.05) is 37.6 Å². The summed E-state index contributed by atoms with van der Waals surface area (Å²) >= 11 is 0. The van der Waals surface area contributed by atoms with Crippen molar-refractivity contribution < 1.29 is 9.53 Å². The molecule has 1 aliphatic heterocycles. The van der Waals surface area contributed by atoms with Gasteiger partial charge in [-0.2, -0.15) is 9.97 Å². The van der Waals surface area contributed by atoms with Crippen LogP contribution in [0.3, 0.4) is 0 Å². The Morgan fingerprint density at radius 2 is 1.85 bits per heavy atom. The number of nitrogen functional groups attached to an aromatic ring is 1. The lowest BCUT2D eigenvalue weighted by molar-refractivity contribution is -0.119. The smallest absolute Gasteiger partial charge is 0.328 e. The molecule has 0 bridgehead atoms. The lowest BCUT2D eigenvalue weighted by atomic mass is 10.0. The minimum atomic E-state index is -0.284. The Bertz CT molecular complexity index is 1180. The highest BCUT2D eigenvalue weighted by atomic mass is 16.5. The number of piperidine rings is 1. The van der Waals surface area contributed by atoms with Gasteiger partial charge in [0.25, 0.3) is 0 Å². The van der Waals surface area contributed by atoms with Crippen LogP contribution < -0.4 is 21.5 Å². The Balaban J connectivity index is 1.42. The Labute approximate surface area is 198 Å². The van der Waals surface area contributed by atoms with E-state index in [-0.39, 0.29) is 29.5 Å². The molecule has 3 heterocycles. The van der Waals surface area contributed by atoms with Gasteiger partial charge in [0.1, 0.15) is 5.52 Å². The maximum Gasteiger partial charge on any atom is 0.328 e. The second-order valence-electron chi connectivity index (χ2n) is 8.88. The first-order valence-corrected chi connectivity index (χ1v) is 11.9. The van der Waals surface area contributed by atoms with E-state index in [1.54, 1.807) is 11.5 Å². The first-order valence-electron chi connectivity index (χ1n) is 11.9. The molecule has 0 unspecified atom stereocenters. The molecule has 4 rings (SSSR count). The molecule has 0 spiro atoms. The molecule has 10 heteroatoms. The predicted octanol–water partition coefficient (Wildman–Crippen LogP) is 2.03. The third-order valence-electron chi connectivity index (χ3n) is 6.12. The average molecular weight is 468 g/mol. The zero-order chi connectivity index (χ0) is 24.1. The number of unbranched alkanes of at least 4 members (excludes halogenated alkanes) is 1. The zero-order valence-corrected chi connectivity index (χ0v) is 19.8. The van der Waals surface area contributed by atoms with Crippen LogP contribution in [0, 0.1) is 0 Å². The van der Waals surface area contributed by atoms with Crippen LogP contribution in [0.4, 0.5) is 5.82 Å². The van der Waals surface area contributed by atoms with Gasteiger partial charge in [0.15, 0.2) is 11.5 Å². The van der Waals surface area contributed by atoms with Gasteiger partial charge in [0.05, 0.1) is 13.2 Å². The Morgan fingerprint density at radius 1 is 1.18 bits per heavy atom. The second kappa shape index (κ2) is 10.7. The van der Waals surface area contributed by atoms with Gasteiger partial charge in [-0.25, -0.2) is 4.79 Å². The molecular weight excluding hydrogens is 434 g/mol. The summed E-state index contributed by atoms with van der Waals surface area (Å²) in [5, 5.41) is 3.01. The number of carbonyl (C=O) groups is 1. The number of imidazole rings is 1. The molecule has 2 aromatic heterocycles. The number of rotatable bonds is 9. The monoisotopic (exact) mass is 467 g/mol. The van der Waals surface area contributed by atoms with Crippen molar-refractivity contribution in [2.75, 3.05) is 25.4 Å². The molecule has 1 aromatic carbocycles. The predicted molar refractivity (Wildman–Crippen MR) is 131 cm³/mol. The van der Waals surface area contributed by atoms with Crippen LogP contribution >= 0.6 is 0 Å². The summed E-state index contributed by atoms with van der Waals surface area (Å²) in [5.74, 6) is 0.239. The summed E-state index contributed by atoms with van der Waals surface area (Å²) in [6.45, 7) is 7.30. The van der Waals surface area contributed by atoms with Crippen LogP contribution in [-0.4, -0.2) is 56.1 Å². The highest BCUT2D eigenvalue weighted by molar-refractivity contribution is 5.82. The number of H-pyrrole nitrogens is 1. The zero-order valence-electron chi connectivity index (χ0n) is 19.8. The van der Waals surface area contributed by atoms with E-state index in [4.69, 9.17) is 10.5 Å². The number of hydrogen-bond acceptors (Lipinski definition) is 7. The third kappa shape index (κ3) is 5.74. The van der Waals surface area contributed by atoms with Crippen molar-refractivity contribution in [1.29, 1.82) is 0 Å². The molecule has 182 valence electrons. The highest BCUT2D eigenvalue weighted by Gasteiger charge is 2.20. The van der Waals surface area contributed by atoms with E-state index in [2.05, 4.69) is 44.2 Å². The van der Waals surface area contributed by atoms with Crippen molar-refractivity contribution in [3.63, 3.8) is 0 Å². The van der Waals surface area contributed by atoms with Crippen LogP contribution in [0.2, 0.25) is 0 Å². The van der Waals surface area contributed by atoms with E-state index >= 15 is 0 Å². The van der Waals surface area contributed by atoms with Gasteiger partial charge < -0.3 is 20.8 Å². The van der Waals surface area contributed by atoms with E-state index in [0.29, 0.717) is 24.3 Å². The molecule has 10 nitrogen and oxygen atoms in total. The van der Waals surface area contributed by atoms with Crippen molar-refractivity contribution >= 4 is 22.9 Å². The number of nitrogens with one attached hydrogen (secondary N) is 2. The SMILES string of the molecule is CCCCOc1nc(N)c2[nH]c(=O)n(Cc3ccc(CN4CCC(NC(C)=O)CC4)cc3)c2n1. The van der Waals surface area contributed by atoms with Crippen molar-refractivity contribution in [2.45, 2.75) is 58.7 Å². The van der Waals surface area contributed by atoms with Crippen LogP contribution in [0.15, 0.2) is 29.1 Å². The van der Waals surface area contributed by atoms with Gasteiger partial charge in [-0.05, 0) is 30.4 Å². The Morgan fingerprint density at radius 3 is 2.50 bits per heavy atom.